The van der Waals surface area contributed by atoms with E-state index in [2.05, 4.69) is 37.1 Å². The van der Waals surface area contributed by atoms with Crippen LogP contribution in [0.1, 0.15) is 34.1 Å². The zero-order valence-electron chi connectivity index (χ0n) is 11.7. The van der Waals surface area contributed by atoms with Gasteiger partial charge in [0.2, 0.25) is 5.91 Å². The van der Waals surface area contributed by atoms with Crippen LogP contribution in [0.15, 0.2) is 16.8 Å². The first-order chi connectivity index (χ1) is 8.47. The molecular formula is C14H23N3O. The number of nitrogens with zero attached hydrogens (tertiary/aromatic N) is 2. The van der Waals surface area contributed by atoms with Crippen molar-refractivity contribution < 1.29 is 4.79 Å². The third kappa shape index (κ3) is 2.74. The van der Waals surface area contributed by atoms with E-state index in [1.807, 2.05) is 0 Å². The smallest absolute Gasteiger partial charge is 0.216 e. The fraction of sp³-hybridized carbons (Fsp3) is 0.714. The Labute approximate surface area is 109 Å². The standard InChI is InChI=1S/C14H23N3O/c1-9(2)14-6-13-5-12(7-15-11(4)18)8-17(13)10(3)16-14/h6,9,12,14H,5,7-8H2,1-4H3,(H,15,18)/t12-,14-/m1/s1. The molecule has 0 aromatic carbocycles. The summed E-state index contributed by atoms with van der Waals surface area (Å²) in [5.41, 5.74) is 1.39. The zero-order chi connectivity index (χ0) is 13.3. The predicted molar refractivity (Wildman–Crippen MR) is 73.3 cm³/mol. The molecular weight excluding hydrogens is 226 g/mol. The summed E-state index contributed by atoms with van der Waals surface area (Å²) in [4.78, 5) is 18.0. The molecule has 0 spiro atoms. The molecule has 2 rings (SSSR count). The van der Waals surface area contributed by atoms with Crippen molar-refractivity contribution in [3.8, 4) is 0 Å². The number of allylic oxidation sites excluding steroid dienone is 1. The van der Waals surface area contributed by atoms with Crippen molar-refractivity contribution in [2.24, 2.45) is 16.8 Å². The summed E-state index contributed by atoms with van der Waals surface area (Å²) < 4.78 is 0. The van der Waals surface area contributed by atoms with E-state index >= 15 is 0 Å². The number of amides is 1. The number of carbonyl (C=O) groups excluding carboxylic acids is 1. The average Bonchev–Trinajstić information content (AvgIpc) is 2.69. The summed E-state index contributed by atoms with van der Waals surface area (Å²) in [6.45, 7) is 9.82. The van der Waals surface area contributed by atoms with E-state index in [0.717, 1.165) is 25.3 Å². The first kappa shape index (κ1) is 13.1. The normalized spacial score (nSPS) is 26.8. The number of hydrogen-bond acceptors (Lipinski definition) is 3. The number of fused-ring (bicyclic) bond motifs is 1. The summed E-state index contributed by atoms with van der Waals surface area (Å²) in [6.07, 6.45) is 3.35. The van der Waals surface area contributed by atoms with E-state index in [1.165, 1.54) is 5.70 Å². The molecule has 1 N–H and O–H groups in total. The second kappa shape index (κ2) is 5.12. The van der Waals surface area contributed by atoms with Gasteiger partial charge in [0, 0.05) is 25.7 Å². The minimum absolute atomic E-state index is 0.0549. The van der Waals surface area contributed by atoms with E-state index < -0.39 is 0 Å². The van der Waals surface area contributed by atoms with Gasteiger partial charge in [0.25, 0.3) is 0 Å². The van der Waals surface area contributed by atoms with E-state index in [9.17, 15) is 4.79 Å². The quantitative estimate of drug-likeness (QED) is 0.828. The molecule has 2 aliphatic heterocycles. The van der Waals surface area contributed by atoms with E-state index in [1.54, 1.807) is 6.92 Å². The molecule has 2 aliphatic rings. The molecule has 1 saturated heterocycles. The lowest BCUT2D eigenvalue weighted by Gasteiger charge is -2.28. The number of amidine groups is 1. The van der Waals surface area contributed by atoms with Crippen LogP contribution in [-0.2, 0) is 4.79 Å². The largest absolute Gasteiger partial charge is 0.356 e. The Hall–Kier alpha value is -1.32. The van der Waals surface area contributed by atoms with Gasteiger partial charge in [-0.3, -0.25) is 9.79 Å². The summed E-state index contributed by atoms with van der Waals surface area (Å²) in [5, 5.41) is 2.91. The van der Waals surface area contributed by atoms with E-state index in [4.69, 9.17) is 4.99 Å². The lowest BCUT2D eigenvalue weighted by Crippen LogP contribution is -2.33. The maximum absolute atomic E-state index is 11.0. The molecule has 1 amide bonds. The maximum atomic E-state index is 11.0. The highest BCUT2D eigenvalue weighted by Gasteiger charge is 2.31. The zero-order valence-corrected chi connectivity index (χ0v) is 11.7. The Balaban J connectivity index is 2.03. The van der Waals surface area contributed by atoms with Gasteiger partial charge >= 0.3 is 0 Å². The number of carbonyl (C=O) groups is 1. The van der Waals surface area contributed by atoms with Gasteiger partial charge in [-0.25, -0.2) is 0 Å². The Morgan fingerprint density at radius 2 is 2.33 bits per heavy atom. The van der Waals surface area contributed by atoms with Crippen LogP contribution in [0.4, 0.5) is 0 Å². The van der Waals surface area contributed by atoms with Gasteiger partial charge < -0.3 is 10.2 Å². The summed E-state index contributed by atoms with van der Waals surface area (Å²) in [6, 6.07) is 0.316. The molecule has 0 aromatic heterocycles. The van der Waals surface area contributed by atoms with Crippen LogP contribution < -0.4 is 5.32 Å². The van der Waals surface area contributed by atoms with Gasteiger partial charge in [0.05, 0.1) is 6.04 Å². The van der Waals surface area contributed by atoms with Gasteiger partial charge in [0.1, 0.15) is 5.84 Å². The Bertz CT molecular complexity index is 398. The van der Waals surface area contributed by atoms with Gasteiger partial charge in [0.15, 0.2) is 0 Å². The molecule has 100 valence electrons. The number of hydrogen-bond donors (Lipinski definition) is 1. The maximum Gasteiger partial charge on any atom is 0.216 e. The topological polar surface area (TPSA) is 44.7 Å². The van der Waals surface area contributed by atoms with Crippen LogP contribution in [-0.4, -0.2) is 35.8 Å². The summed E-state index contributed by atoms with van der Waals surface area (Å²) in [5.74, 6) is 2.23. The SMILES string of the molecule is CC(=O)NC[C@H]1CC2=C[C@H](C(C)C)N=C(C)N2C1. The molecule has 4 nitrogen and oxygen atoms in total. The van der Waals surface area contributed by atoms with Gasteiger partial charge in [-0.15, -0.1) is 0 Å². The van der Waals surface area contributed by atoms with Crippen molar-refractivity contribution in [3.05, 3.63) is 11.8 Å². The highest BCUT2D eigenvalue weighted by molar-refractivity contribution is 5.83. The van der Waals surface area contributed by atoms with Gasteiger partial charge in [-0.1, -0.05) is 13.8 Å². The highest BCUT2D eigenvalue weighted by atomic mass is 16.1. The predicted octanol–water partition coefficient (Wildman–Crippen LogP) is 1.78. The van der Waals surface area contributed by atoms with Crippen molar-refractivity contribution in [2.75, 3.05) is 13.1 Å². The highest BCUT2D eigenvalue weighted by Crippen LogP contribution is 2.31. The second-order valence-electron chi connectivity index (χ2n) is 5.69. The van der Waals surface area contributed by atoms with Crippen LogP contribution >= 0.6 is 0 Å². The Morgan fingerprint density at radius 1 is 1.61 bits per heavy atom. The molecule has 0 bridgehead atoms. The number of rotatable bonds is 3. The average molecular weight is 249 g/mol. The minimum atomic E-state index is 0.0549. The molecule has 0 unspecified atom stereocenters. The second-order valence-corrected chi connectivity index (χ2v) is 5.69. The lowest BCUT2D eigenvalue weighted by molar-refractivity contribution is -0.119. The summed E-state index contributed by atoms with van der Waals surface area (Å²) >= 11 is 0. The van der Waals surface area contributed by atoms with Crippen molar-refractivity contribution in [1.82, 2.24) is 10.2 Å². The lowest BCUT2D eigenvalue weighted by atomic mass is 10.0. The first-order valence-corrected chi connectivity index (χ1v) is 6.74. The van der Waals surface area contributed by atoms with Gasteiger partial charge in [-0.05, 0) is 31.3 Å². The molecule has 1 fully saturated rings. The molecule has 0 saturated carbocycles. The van der Waals surface area contributed by atoms with Gasteiger partial charge in [-0.2, -0.15) is 0 Å². The van der Waals surface area contributed by atoms with Crippen molar-refractivity contribution in [3.63, 3.8) is 0 Å². The molecule has 2 atom stereocenters. The summed E-state index contributed by atoms with van der Waals surface area (Å²) in [7, 11) is 0. The molecule has 0 radical (unpaired) electrons. The molecule has 0 aromatic rings. The third-order valence-electron chi connectivity index (χ3n) is 3.70. The Morgan fingerprint density at radius 3 is 2.94 bits per heavy atom. The first-order valence-electron chi connectivity index (χ1n) is 6.74. The van der Waals surface area contributed by atoms with E-state index in [-0.39, 0.29) is 5.91 Å². The molecule has 18 heavy (non-hydrogen) atoms. The van der Waals surface area contributed by atoms with Crippen LogP contribution in [0.3, 0.4) is 0 Å². The Kier molecular flexibility index (Phi) is 3.73. The van der Waals surface area contributed by atoms with Crippen molar-refractivity contribution in [2.45, 2.75) is 40.2 Å². The third-order valence-corrected chi connectivity index (χ3v) is 3.70. The fourth-order valence-corrected chi connectivity index (χ4v) is 2.63. The fourth-order valence-electron chi connectivity index (χ4n) is 2.63. The van der Waals surface area contributed by atoms with Crippen molar-refractivity contribution >= 4 is 11.7 Å². The molecule has 0 aliphatic carbocycles. The van der Waals surface area contributed by atoms with Crippen LogP contribution in [0.5, 0.6) is 0 Å². The molecule has 2 heterocycles. The molecule has 4 heteroatoms. The van der Waals surface area contributed by atoms with Crippen LogP contribution in [0.2, 0.25) is 0 Å². The minimum Gasteiger partial charge on any atom is -0.356 e. The monoisotopic (exact) mass is 249 g/mol. The number of nitrogens with one attached hydrogen (secondary N) is 1. The van der Waals surface area contributed by atoms with Crippen molar-refractivity contribution in [1.29, 1.82) is 0 Å². The van der Waals surface area contributed by atoms with Crippen LogP contribution in [0.25, 0.3) is 0 Å². The number of aliphatic imine (C=N–C) groups is 1. The van der Waals surface area contributed by atoms with E-state index in [0.29, 0.717) is 17.9 Å². The van der Waals surface area contributed by atoms with Crippen LogP contribution in [0, 0.1) is 11.8 Å².